The van der Waals surface area contributed by atoms with Crippen LogP contribution in [0.15, 0.2) is 36.1 Å². The largest absolute Gasteiger partial charge is 0.497 e. The molecule has 1 nitrogen and oxygen atoms in total. The van der Waals surface area contributed by atoms with Crippen molar-refractivity contribution in [1.29, 1.82) is 0 Å². The van der Waals surface area contributed by atoms with Gasteiger partial charge in [-0.3, -0.25) is 0 Å². The van der Waals surface area contributed by atoms with Gasteiger partial charge in [-0.1, -0.05) is 12.7 Å². The number of hydrogen-bond donors (Lipinski definition) is 0. The quantitative estimate of drug-likeness (QED) is 0.663. The highest BCUT2D eigenvalue weighted by Gasteiger charge is 2.12. The molecule has 1 aliphatic carbocycles. The maximum Gasteiger partial charge on any atom is 0.115 e. The van der Waals surface area contributed by atoms with Crippen LogP contribution in [0.5, 0.6) is 0 Å². The predicted molar refractivity (Wildman–Crippen MR) is 55.2 cm³/mol. The van der Waals surface area contributed by atoms with Gasteiger partial charge >= 0.3 is 0 Å². The van der Waals surface area contributed by atoms with Crippen molar-refractivity contribution in [3.05, 3.63) is 36.1 Å². The lowest BCUT2D eigenvalue weighted by Gasteiger charge is -2.17. The van der Waals surface area contributed by atoms with E-state index in [9.17, 15) is 0 Å². The Morgan fingerprint density at radius 1 is 1.58 bits per heavy atom. The fourth-order valence-electron chi connectivity index (χ4n) is 1.14. The first-order valence-electron chi connectivity index (χ1n) is 3.89. The Kier molecular flexibility index (Phi) is 3.48. The number of ether oxygens (including phenoxy) is 1. The van der Waals surface area contributed by atoms with Gasteiger partial charge in [-0.15, -0.1) is 0 Å². The fourth-order valence-corrected chi connectivity index (χ4v) is 1.81. The lowest BCUT2D eigenvalue weighted by molar-refractivity contribution is 0.302. The van der Waals surface area contributed by atoms with Crippen molar-refractivity contribution in [2.45, 2.75) is 0 Å². The van der Waals surface area contributed by atoms with Crippen molar-refractivity contribution in [1.82, 2.24) is 0 Å². The van der Waals surface area contributed by atoms with Gasteiger partial charge in [-0.05, 0) is 24.0 Å². The first-order valence-corrected chi connectivity index (χ1v) is 5.29. The molecule has 0 aromatic rings. The SMILES string of the molecule is C=C1C=CC(OC)=CC1CSC. The van der Waals surface area contributed by atoms with Gasteiger partial charge in [0.2, 0.25) is 0 Å². The maximum atomic E-state index is 5.14. The summed E-state index contributed by atoms with van der Waals surface area (Å²) in [6.45, 7) is 3.98. The number of hydrogen-bond acceptors (Lipinski definition) is 2. The van der Waals surface area contributed by atoms with Gasteiger partial charge in [-0.2, -0.15) is 11.8 Å². The molecule has 0 aromatic carbocycles. The summed E-state index contributed by atoms with van der Waals surface area (Å²) in [6, 6.07) is 0. The second kappa shape index (κ2) is 4.41. The average Bonchev–Trinajstić information content (AvgIpc) is 2.09. The van der Waals surface area contributed by atoms with Gasteiger partial charge < -0.3 is 4.74 Å². The molecule has 0 saturated carbocycles. The molecular weight excluding hydrogens is 168 g/mol. The molecule has 0 radical (unpaired) electrons. The molecule has 12 heavy (non-hydrogen) atoms. The molecule has 1 atom stereocenters. The Bertz CT molecular complexity index is 228. The van der Waals surface area contributed by atoms with E-state index in [1.165, 1.54) is 5.57 Å². The minimum atomic E-state index is 0.444. The van der Waals surface area contributed by atoms with E-state index >= 15 is 0 Å². The molecule has 2 heteroatoms. The number of rotatable bonds is 3. The van der Waals surface area contributed by atoms with Crippen LogP contribution in [0.2, 0.25) is 0 Å². The third-order valence-corrected chi connectivity index (χ3v) is 2.58. The number of thioether (sulfide) groups is 1. The highest BCUT2D eigenvalue weighted by molar-refractivity contribution is 7.98. The summed E-state index contributed by atoms with van der Waals surface area (Å²) in [5.41, 5.74) is 1.17. The van der Waals surface area contributed by atoms with Crippen molar-refractivity contribution in [2.24, 2.45) is 5.92 Å². The number of methoxy groups -OCH3 is 1. The fraction of sp³-hybridized carbons (Fsp3) is 0.400. The van der Waals surface area contributed by atoms with Crippen molar-refractivity contribution < 1.29 is 4.74 Å². The average molecular weight is 182 g/mol. The molecule has 0 amide bonds. The third-order valence-electron chi connectivity index (χ3n) is 1.89. The highest BCUT2D eigenvalue weighted by Crippen LogP contribution is 2.23. The van der Waals surface area contributed by atoms with E-state index in [-0.39, 0.29) is 0 Å². The Hall–Kier alpha value is -0.630. The molecule has 0 bridgehead atoms. The Labute approximate surface area is 78.2 Å². The summed E-state index contributed by atoms with van der Waals surface area (Å²) in [5, 5.41) is 0. The Morgan fingerprint density at radius 3 is 2.92 bits per heavy atom. The smallest absolute Gasteiger partial charge is 0.115 e. The molecule has 0 heterocycles. The third kappa shape index (κ3) is 2.18. The standard InChI is InChI=1S/C10H14OS/c1-8-4-5-10(11-2)6-9(8)7-12-3/h4-6,9H,1,7H2,2-3H3. The van der Waals surface area contributed by atoms with Crippen LogP contribution in [0, 0.1) is 5.92 Å². The van der Waals surface area contributed by atoms with Crippen LogP contribution >= 0.6 is 11.8 Å². The van der Waals surface area contributed by atoms with Crippen LogP contribution in [-0.2, 0) is 4.74 Å². The summed E-state index contributed by atoms with van der Waals surface area (Å²) >= 11 is 1.83. The normalized spacial score (nSPS) is 22.3. The zero-order valence-electron chi connectivity index (χ0n) is 7.54. The monoisotopic (exact) mass is 182 g/mol. The van der Waals surface area contributed by atoms with Crippen LogP contribution < -0.4 is 0 Å². The van der Waals surface area contributed by atoms with Crippen LogP contribution in [0.4, 0.5) is 0 Å². The van der Waals surface area contributed by atoms with Gasteiger partial charge in [-0.25, -0.2) is 0 Å². The summed E-state index contributed by atoms with van der Waals surface area (Å²) in [7, 11) is 1.69. The van der Waals surface area contributed by atoms with E-state index in [0.29, 0.717) is 5.92 Å². The molecule has 66 valence electrons. The molecule has 0 fully saturated rings. The van der Waals surface area contributed by atoms with Crippen LogP contribution in [0.1, 0.15) is 0 Å². The van der Waals surface area contributed by atoms with Crippen molar-refractivity contribution in [3.8, 4) is 0 Å². The molecular formula is C10H14OS. The Morgan fingerprint density at radius 2 is 2.33 bits per heavy atom. The second-order valence-corrected chi connectivity index (χ2v) is 3.65. The topological polar surface area (TPSA) is 9.23 Å². The zero-order chi connectivity index (χ0) is 8.97. The molecule has 1 rings (SSSR count). The van der Waals surface area contributed by atoms with Gasteiger partial charge in [0.1, 0.15) is 5.76 Å². The van der Waals surface area contributed by atoms with E-state index < -0.39 is 0 Å². The molecule has 0 saturated heterocycles. The van der Waals surface area contributed by atoms with E-state index in [2.05, 4.69) is 18.9 Å². The lowest BCUT2D eigenvalue weighted by Crippen LogP contribution is -2.06. The van der Waals surface area contributed by atoms with E-state index in [4.69, 9.17) is 4.74 Å². The van der Waals surface area contributed by atoms with Gasteiger partial charge in [0.25, 0.3) is 0 Å². The molecule has 0 spiro atoms. The van der Waals surface area contributed by atoms with Crippen molar-refractivity contribution in [3.63, 3.8) is 0 Å². The second-order valence-electron chi connectivity index (χ2n) is 2.74. The minimum Gasteiger partial charge on any atom is -0.497 e. The van der Waals surface area contributed by atoms with Gasteiger partial charge in [0.05, 0.1) is 7.11 Å². The first kappa shape index (κ1) is 9.46. The van der Waals surface area contributed by atoms with Crippen molar-refractivity contribution in [2.75, 3.05) is 19.1 Å². The molecule has 0 aliphatic heterocycles. The molecule has 0 aromatic heterocycles. The molecule has 0 N–H and O–H groups in total. The lowest BCUT2D eigenvalue weighted by atomic mass is 9.97. The Balaban J connectivity index is 2.67. The van der Waals surface area contributed by atoms with Gasteiger partial charge in [0, 0.05) is 11.7 Å². The van der Waals surface area contributed by atoms with Crippen LogP contribution in [0.25, 0.3) is 0 Å². The van der Waals surface area contributed by atoms with Crippen LogP contribution in [0.3, 0.4) is 0 Å². The van der Waals surface area contributed by atoms with Gasteiger partial charge in [0.15, 0.2) is 0 Å². The number of allylic oxidation sites excluding steroid dienone is 4. The maximum absolute atomic E-state index is 5.14. The first-order chi connectivity index (χ1) is 5.77. The van der Waals surface area contributed by atoms with E-state index in [1.807, 2.05) is 23.9 Å². The summed E-state index contributed by atoms with van der Waals surface area (Å²) < 4.78 is 5.14. The van der Waals surface area contributed by atoms with E-state index in [1.54, 1.807) is 7.11 Å². The van der Waals surface area contributed by atoms with E-state index in [0.717, 1.165) is 11.5 Å². The minimum absolute atomic E-state index is 0.444. The van der Waals surface area contributed by atoms with Crippen LogP contribution in [-0.4, -0.2) is 19.1 Å². The summed E-state index contributed by atoms with van der Waals surface area (Å²) in [5.74, 6) is 2.47. The molecule has 1 unspecified atom stereocenters. The highest BCUT2D eigenvalue weighted by atomic mass is 32.2. The predicted octanol–water partition coefficient (Wildman–Crippen LogP) is 2.62. The zero-order valence-corrected chi connectivity index (χ0v) is 8.36. The summed E-state index contributed by atoms with van der Waals surface area (Å²) in [4.78, 5) is 0. The van der Waals surface area contributed by atoms with Crippen molar-refractivity contribution >= 4 is 11.8 Å². The molecule has 1 aliphatic rings. The summed E-state index contributed by atoms with van der Waals surface area (Å²) in [6.07, 6.45) is 8.21.